The zero-order valence-corrected chi connectivity index (χ0v) is 9.01. The Balaban J connectivity index is 3.04. The molecule has 1 rings (SSSR count). The van der Waals surface area contributed by atoms with Gasteiger partial charge in [-0.1, -0.05) is 44.3 Å². The van der Waals surface area contributed by atoms with Crippen molar-refractivity contribution in [3.8, 4) is 5.75 Å². The van der Waals surface area contributed by atoms with E-state index in [2.05, 4.69) is 13.8 Å². The number of aryl methyl sites for hydroxylation is 2. The Morgan fingerprint density at radius 1 is 1.07 bits per heavy atom. The fraction of sp³-hybridized carbons (Fsp3) is 0.500. The molecule has 1 aromatic carbocycles. The summed E-state index contributed by atoms with van der Waals surface area (Å²) < 4.78 is 0. The average Bonchev–Trinajstić information content (AvgIpc) is 2.14. The molecule has 2 heteroatoms. The maximum atomic E-state index is 9.92. The first kappa shape index (κ1) is 11.2. The SMILES string of the molecule is [B]c1cc(CCC)c(O)c(CCC)c1. The molecule has 0 aliphatic carbocycles. The molecular formula is C12H17BO. The minimum absolute atomic E-state index is 0.447. The van der Waals surface area contributed by atoms with Crippen LogP contribution in [0.5, 0.6) is 5.75 Å². The van der Waals surface area contributed by atoms with E-state index in [1.807, 2.05) is 12.1 Å². The maximum absolute atomic E-state index is 9.92. The summed E-state index contributed by atoms with van der Waals surface area (Å²) in [5.41, 5.74) is 2.72. The second-order valence-corrected chi connectivity index (χ2v) is 3.69. The summed E-state index contributed by atoms with van der Waals surface area (Å²) >= 11 is 0. The molecule has 74 valence electrons. The lowest BCUT2D eigenvalue weighted by Crippen LogP contribution is -2.06. The Morgan fingerprint density at radius 2 is 1.50 bits per heavy atom. The standard InChI is InChI=1S/C12H17BO/c1-3-5-9-7-11(13)8-10(6-4-2)12(9)14/h7-8,14H,3-6H2,1-2H3. The van der Waals surface area contributed by atoms with Gasteiger partial charge in [-0.3, -0.25) is 0 Å². The van der Waals surface area contributed by atoms with Gasteiger partial charge in [-0.15, -0.1) is 0 Å². The van der Waals surface area contributed by atoms with Crippen LogP contribution in [-0.2, 0) is 12.8 Å². The second-order valence-electron chi connectivity index (χ2n) is 3.69. The summed E-state index contributed by atoms with van der Waals surface area (Å²) in [5.74, 6) is 0.447. The van der Waals surface area contributed by atoms with Crippen molar-refractivity contribution in [2.24, 2.45) is 0 Å². The van der Waals surface area contributed by atoms with Crippen molar-refractivity contribution in [2.45, 2.75) is 39.5 Å². The summed E-state index contributed by atoms with van der Waals surface area (Å²) in [6.45, 7) is 4.20. The lowest BCUT2D eigenvalue weighted by Gasteiger charge is -2.10. The molecule has 0 fully saturated rings. The van der Waals surface area contributed by atoms with Crippen LogP contribution >= 0.6 is 0 Å². The van der Waals surface area contributed by atoms with Gasteiger partial charge in [0.25, 0.3) is 0 Å². The number of phenols is 1. The van der Waals surface area contributed by atoms with Crippen LogP contribution in [0.25, 0.3) is 0 Å². The zero-order valence-electron chi connectivity index (χ0n) is 9.01. The van der Waals surface area contributed by atoms with Gasteiger partial charge < -0.3 is 5.11 Å². The van der Waals surface area contributed by atoms with Gasteiger partial charge in [0.1, 0.15) is 13.6 Å². The Bertz CT molecular complexity index is 280. The van der Waals surface area contributed by atoms with Crippen LogP contribution in [-0.4, -0.2) is 13.0 Å². The number of hydrogen-bond acceptors (Lipinski definition) is 1. The molecule has 0 aromatic heterocycles. The highest BCUT2D eigenvalue weighted by Crippen LogP contribution is 2.23. The Hall–Kier alpha value is -0.915. The smallest absolute Gasteiger partial charge is 0.121 e. The molecule has 0 atom stereocenters. The molecule has 0 unspecified atom stereocenters. The molecule has 1 aromatic rings. The molecule has 2 radical (unpaired) electrons. The van der Waals surface area contributed by atoms with Crippen LogP contribution in [0.1, 0.15) is 37.8 Å². The van der Waals surface area contributed by atoms with E-state index in [1.165, 1.54) is 0 Å². The molecule has 0 aliphatic heterocycles. The number of rotatable bonds is 4. The van der Waals surface area contributed by atoms with Gasteiger partial charge >= 0.3 is 0 Å². The number of aromatic hydroxyl groups is 1. The van der Waals surface area contributed by atoms with Crippen LogP contribution in [0.3, 0.4) is 0 Å². The van der Waals surface area contributed by atoms with Crippen molar-refractivity contribution >= 4 is 13.3 Å². The summed E-state index contributed by atoms with van der Waals surface area (Å²) in [6.07, 6.45) is 3.85. The molecule has 0 amide bonds. The lowest BCUT2D eigenvalue weighted by atomic mass is 9.89. The van der Waals surface area contributed by atoms with Gasteiger partial charge in [-0.25, -0.2) is 0 Å². The highest BCUT2D eigenvalue weighted by molar-refractivity contribution is 6.32. The van der Waals surface area contributed by atoms with Crippen molar-refractivity contribution in [2.75, 3.05) is 0 Å². The molecule has 0 bridgehead atoms. The van der Waals surface area contributed by atoms with Crippen molar-refractivity contribution in [3.05, 3.63) is 23.3 Å². The van der Waals surface area contributed by atoms with E-state index < -0.39 is 0 Å². The van der Waals surface area contributed by atoms with E-state index in [0.717, 1.165) is 42.3 Å². The predicted molar refractivity (Wildman–Crippen MR) is 61.5 cm³/mol. The topological polar surface area (TPSA) is 20.2 Å². The second kappa shape index (κ2) is 5.09. The van der Waals surface area contributed by atoms with Gasteiger partial charge in [0.05, 0.1) is 0 Å². The van der Waals surface area contributed by atoms with Crippen molar-refractivity contribution in [3.63, 3.8) is 0 Å². The van der Waals surface area contributed by atoms with Crippen molar-refractivity contribution < 1.29 is 5.11 Å². The third-order valence-electron chi connectivity index (χ3n) is 2.33. The van der Waals surface area contributed by atoms with Crippen molar-refractivity contribution in [1.82, 2.24) is 0 Å². The maximum Gasteiger partial charge on any atom is 0.121 e. The van der Waals surface area contributed by atoms with Crippen LogP contribution in [0.4, 0.5) is 0 Å². The molecule has 14 heavy (non-hydrogen) atoms. The first-order valence-corrected chi connectivity index (χ1v) is 5.29. The van der Waals surface area contributed by atoms with Crippen LogP contribution < -0.4 is 5.46 Å². The summed E-state index contributed by atoms with van der Waals surface area (Å²) in [6, 6.07) is 3.75. The molecule has 0 saturated carbocycles. The van der Waals surface area contributed by atoms with Gasteiger partial charge in [0, 0.05) is 0 Å². The van der Waals surface area contributed by atoms with Crippen LogP contribution in [0.2, 0.25) is 0 Å². The summed E-state index contributed by atoms with van der Waals surface area (Å²) in [4.78, 5) is 0. The Kier molecular flexibility index (Phi) is 4.06. The number of hydrogen-bond donors (Lipinski definition) is 1. The first-order chi connectivity index (χ1) is 6.69. The molecule has 0 spiro atoms. The van der Waals surface area contributed by atoms with Crippen molar-refractivity contribution in [1.29, 1.82) is 0 Å². The zero-order chi connectivity index (χ0) is 10.6. The summed E-state index contributed by atoms with van der Waals surface area (Å²) in [5, 5.41) is 9.92. The first-order valence-electron chi connectivity index (χ1n) is 5.29. The third kappa shape index (κ3) is 2.54. The normalized spacial score (nSPS) is 10.4. The monoisotopic (exact) mass is 188 g/mol. The minimum Gasteiger partial charge on any atom is -0.507 e. The number of phenolic OH excluding ortho intramolecular Hbond substituents is 1. The molecule has 1 nitrogen and oxygen atoms in total. The minimum atomic E-state index is 0.447. The van der Waals surface area contributed by atoms with Gasteiger partial charge in [-0.2, -0.15) is 0 Å². The van der Waals surface area contributed by atoms with Gasteiger partial charge in [0.2, 0.25) is 0 Å². The van der Waals surface area contributed by atoms with Gasteiger partial charge in [0.15, 0.2) is 0 Å². The molecule has 1 N–H and O–H groups in total. The Labute approximate surface area is 87.6 Å². The van der Waals surface area contributed by atoms with E-state index in [-0.39, 0.29) is 0 Å². The quantitative estimate of drug-likeness (QED) is 0.717. The average molecular weight is 188 g/mol. The van der Waals surface area contributed by atoms with Gasteiger partial charge in [-0.05, 0) is 24.0 Å². The van der Waals surface area contributed by atoms with Crippen LogP contribution in [0, 0.1) is 0 Å². The molecule has 0 saturated heterocycles. The van der Waals surface area contributed by atoms with E-state index in [1.54, 1.807) is 0 Å². The van der Waals surface area contributed by atoms with E-state index >= 15 is 0 Å². The fourth-order valence-electron chi connectivity index (χ4n) is 1.71. The lowest BCUT2D eigenvalue weighted by molar-refractivity contribution is 0.460. The van der Waals surface area contributed by atoms with E-state index in [4.69, 9.17) is 7.85 Å². The van der Waals surface area contributed by atoms with E-state index in [0.29, 0.717) is 5.75 Å². The Morgan fingerprint density at radius 3 is 1.86 bits per heavy atom. The molecule has 0 aliphatic rings. The number of benzene rings is 1. The highest BCUT2D eigenvalue weighted by atomic mass is 16.3. The third-order valence-corrected chi connectivity index (χ3v) is 2.33. The fourth-order valence-corrected chi connectivity index (χ4v) is 1.71. The van der Waals surface area contributed by atoms with E-state index in [9.17, 15) is 5.11 Å². The largest absolute Gasteiger partial charge is 0.507 e. The van der Waals surface area contributed by atoms with Crippen LogP contribution in [0.15, 0.2) is 12.1 Å². The predicted octanol–water partition coefficient (Wildman–Crippen LogP) is 2.09. The highest BCUT2D eigenvalue weighted by Gasteiger charge is 2.06. The molecular weight excluding hydrogens is 171 g/mol. The summed E-state index contributed by atoms with van der Waals surface area (Å²) in [7, 11) is 5.78. The molecule has 0 heterocycles.